The van der Waals surface area contributed by atoms with Crippen molar-refractivity contribution in [1.29, 1.82) is 0 Å². The fourth-order valence-corrected chi connectivity index (χ4v) is 3.79. The third-order valence-corrected chi connectivity index (χ3v) is 5.79. The Morgan fingerprint density at radius 2 is 2.00 bits per heavy atom. The van der Waals surface area contributed by atoms with E-state index in [2.05, 4.69) is 66.4 Å². The highest BCUT2D eigenvalue weighted by Crippen LogP contribution is 2.35. The van der Waals surface area contributed by atoms with E-state index in [9.17, 15) is 4.79 Å². The van der Waals surface area contributed by atoms with Crippen molar-refractivity contribution in [3.63, 3.8) is 0 Å². The van der Waals surface area contributed by atoms with E-state index in [1.165, 1.54) is 11.1 Å². The molecule has 0 spiro atoms. The third kappa shape index (κ3) is 6.31. The number of hydrogen-bond donors (Lipinski definition) is 2. The molecular weight excluding hydrogens is 388 g/mol. The van der Waals surface area contributed by atoms with Gasteiger partial charge in [-0.3, -0.25) is 0 Å². The number of benzene rings is 1. The summed E-state index contributed by atoms with van der Waals surface area (Å²) in [4.78, 5) is 12.7. The molecule has 1 aliphatic carbocycles. The van der Waals surface area contributed by atoms with Gasteiger partial charge >= 0.3 is 6.03 Å². The number of allylic oxidation sites excluding steroid dienone is 4. The predicted octanol–water partition coefficient (Wildman–Crippen LogP) is 6.82. The first-order valence-electron chi connectivity index (χ1n) is 9.42. The van der Waals surface area contributed by atoms with Crippen LogP contribution in [0.25, 0.3) is 0 Å². The minimum Gasteiger partial charge on any atom is -0.332 e. The van der Waals surface area contributed by atoms with Crippen molar-refractivity contribution >= 4 is 27.6 Å². The number of carbonyl (C=O) groups is 1. The van der Waals surface area contributed by atoms with Crippen LogP contribution in [0.15, 0.2) is 52.0 Å². The number of carbonyl (C=O) groups excluding carboxylic acids is 1. The molecule has 2 atom stereocenters. The standard InChI is InChI=1S/C22H31BrN2O/c1-16(2)6-5-15-22(4,18-9-7-17(3)8-10-18)25-21(26)24-20-13-11-19(23)12-14-20/h6-7,11-14,18H,5,8-10,15H2,1-4H3,(H2,24,25,26)/t18-,22+/m0/s1. The fourth-order valence-electron chi connectivity index (χ4n) is 3.53. The Labute approximate surface area is 166 Å². The maximum atomic E-state index is 12.7. The lowest BCUT2D eigenvalue weighted by Crippen LogP contribution is -2.53. The van der Waals surface area contributed by atoms with Crippen molar-refractivity contribution in [2.45, 2.75) is 65.3 Å². The van der Waals surface area contributed by atoms with E-state index in [-0.39, 0.29) is 11.6 Å². The van der Waals surface area contributed by atoms with Crippen molar-refractivity contribution in [2.75, 3.05) is 5.32 Å². The molecule has 0 saturated carbocycles. The Bertz CT molecular complexity index is 674. The molecule has 0 saturated heterocycles. The summed E-state index contributed by atoms with van der Waals surface area (Å²) >= 11 is 3.42. The van der Waals surface area contributed by atoms with Gasteiger partial charge in [0, 0.05) is 15.7 Å². The zero-order valence-electron chi connectivity index (χ0n) is 16.4. The maximum Gasteiger partial charge on any atom is 0.319 e. The molecule has 3 nitrogen and oxygen atoms in total. The van der Waals surface area contributed by atoms with Gasteiger partial charge in [0.05, 0.1) is 0 Å². The minimum atomic E-state index is -0.220. The van der Waals surface area contributed by atoms with Gasteiger partial charge in [-0.15, -0.1) is 0 Å². The summed E-state index contributed by atoms with van der Waals surface area (Å²) in [5.41, 5.74) is 3.37. The molecule has 0 bridgehead atoms. The molecular formula is C22H31BrN2O. The van der Waals surface area contributed by atoms with Crippen LogP contribution in [0.4, 0.5) is 10.5 Å². The van der Waals surface area contributed by atoms with Crippen LogP contribution in [-0.2, 0) is 0 Å². The van der Waals surface area contributed by atoms with Gasteiger partial charge in [-0.2, -0.15) is 0 Å². The average Bonchev–Trinajstić information content (AvgIpc) is 2.57. The highest BCUT2D eigenvalue weighted by molar-refractivity contribution is 9.10. The summed E-state index contributed by atoms with van der Waals surface area (Å²) in [6.07, 6.45) is 9.82. The lowest BCUT2D eigenvalue weighted by molar-refractivity contribution is 0.193. The molecule has 1 aromatic rings. The highest BCUT2D eigenvalue weighted by atomic mass is 79.9. The SMILES string of the molecule is CC(C)=CCC[C@@](C)(NC(=O)Nc1ccc(Br)cc1)[C@H]1CC=C(C)CC1. The molecule has 1 aliphatic rings. The number of anilines is 1. The van der Waals surface area contributed by atoms with Gasteiger partial charge in [-0.1, -0.05) is 39.2 Å². The van der Waals surface area contributed by atoms with E-state index in [4.69, 9.17) is 0 Å². The summed E-state index contributed by atoms with van der Waals surface area (Å²) in [6.45, 7) is 8.64. The zero-order chi connectivity index (χ0) is 19.2. The number of urea groups is 1. The van der Waals surface area contributed by atoms with Gasteiger partial charge in [0.1, 0.15) is 0 Å². The van der Waals surface area contributed by atoms with Crippen molar-refractivity contribution in [3.05, 3.63) is 52.0 Å². The number of amides is 2. The second-order valence-corrected chi connectivity index (χ2v) is 8.76. The van der Waals surface area contributed by atoms with Gasteiger partial charge < -0.3 is 10.6 Å². The summed E-state index contributed by atoms with van der Waals surface area (Å²) in [5, 5.41) is 6.26. The predicted molar refractivity (Wildman–Crippen MR) is 114 cm³/mol. The Hall–Kier alpha value is -1.55. The van der Waals surface area contributed by atoms with Crippen LogP contribution in [0, 0.1) is 5.92 Å². The smallest absolute Gasteiger partial charge is 0.319 e. The Morgan fingerprint density at radius 3 is 2.58 bits per heavy atom. The quantitative estimate of drug-likeness (QED) is 0.488. The van der Waals surface area contributed by atoms with E-state index in [1.54, 1.807) is 0 Å². The van der Waals surface area contributed by atoms with Crippen LogP contribution in [0.3, 0.4) is 0 Å². The lowest BCUT2D eigenvalue weighted by atomic mass is 9.74. The fraction of sp³-hybridized carbons (Fsp3) is 0.500. The molecule has 0 aliphatic heterocycles. The van der Waals surface area contributed by atoms with Crippen molar-refractivity contribution in [3.8, 4) is 0 Å². The monoisotopic (exact) mass is 418 g/mol. The molecule has 1 aromatic carbocycles. The van der Waals surface area contributed by atoms with Crippen LogP contribution in [0.5, 0.6) is 0 Å². The summed E-state index contributed by atoms with van der Waals surface area (Å²) < 4.78 is 0.999. The lowest BCUT2D eigenvalue weighted by Gasteiger charge is -2.40. The molecule has 0 unspecified atom stereocenters. The Kier molecular flexibility index (Phi) is 7.51. The minimum absolute atomic E-state index is 0.127. The van der Waals surface area contributed by atoms with Gasteiger partial charge in [-0.05, 0) is 90.0 Å². The molecule has 2 N–H and O–H groups in total. The molecule has 142 valence electrons. The van der Waals surface area contributed by atoms with Gasteiger partial charge in [-0.25, -0.2) is 4.79 Å². The summed E-state index contributed by atoms with van der Waals surface area (Å²) in [7, 11) is 0. The van der Waals surface area contributed by atoms with Gasteiger partial charge in [0.25, 0.3) is 0 Å². The molecule has 2 rings (SSSR count). The number of rotatable bonds is 6. The zero-order valence-corrected chi connectivity index (χ0v) is 17.9. The summed E-state index contributed by atoms with van der Waals surface area (Å²) in [6, 6.07) is 7.53. The van der Waals surface area contributed by atoms with E-state index >= 15 is 0 Å². The van der Waals surface area contributed by atoms with Crippen molar-refractivity contribution in [2.24, 2.45) is 5.92 Å². The van der Waals surface area contributed by atoms with Gasteiger partial charge in [0.2, 0.25) is 0 Å². The highest BCUT2D eigenvalue weighted by Gasteiger charge is 2.35. The van der Waals surface area contributed by atoms with Crippen LogP contribution >= 0.6 is 15.9 Å². The Balaban J connectivity index is 2.07. The van der Waals surface area contributed by atoms with Crippen molar-refractivity contribution in [1.82, 2.24) is 5.32 Å². The van der Waals surface area contributed by atoms with E-state index in [1.807, 2.05) is 24.3 Å². The molecule has 4 heteroatoms. The molecule has 0 radical (unpaired) electrons. The molecule has 0 aromatic heterocycles. The normalized spacial score (nSPS) is 19.1. The first-order valence-corrected chi connectivity index (χ1v) is 10.2. The topological polar surface area (TPSA) is 41.1 Å². The van der Waals surface area contributed by atoms with E-state index in [0.29, 0.717) is 5.92 Å². The molecule has 0 heterocycles. The average molecular weight is 419 g/mol. The van der Waals surface area contributed by atoms with E-state index in [0.717, 1.165) is 42.3 Å². The maximum absolute atomic E-state index is 12.7. The second kappa shape index (κ2) is 9.40. The van der Waals surface area contributed by atoms with E-state index < -0.39 is 0 Å². The second-order valence-electron chi connectivity index (χ2n) is 7.85. The molecule has 0 fully saturated rings. The first-order chi connectivity index (χ1) is 12.3. The number of hydrogen-bond acceptors (Lipinski definition) is 1. The van der Waals surface area contributed by atoms with Crippen LogP contribution in [0.2, 0.25) is 0 Å². The molecule has 2 amide bonds. The summed E-state index contributed by atoms with van der Waals surface area (Å²) in [5.74, 6) is 0.465. The third-order valence-electron chi connectivity index (χ3n) is 5.26. The number of nitrogens with one attached hydrogen (secondary N) is 2. The van der Waals surface area contributed by atoms with Crippen molar-refractivity contribution < 1.29 is 4.79 Å². The molecule has 26 heavy (non-hydrogen) atoms. The van der Waals surface area contributed by atoms with Crippen LogP contribution in [-0.4, -0.2) is 11.6 Å². The van der Waals surface area contributed by atoms with Gasteiger partial charge in [0.15, 0.2) is 0 Å². The first kappa shape index (κ1) is 20.8. The van der Waals surface area contributed by atoms with Crippen LogP contribution in [0.1, 0.15) is 59.8 Å². The van der Waals surface area contributed by atoms with Crippen LogP contribution < -0.4 is 10.6 Å². The Morgan fingerprint density at radius 1 is 1.31 bits per heavy atom. The number of halogens is 1. The largest absolute Gasteiger partial charge is 0.332 e.